The summed E-state index contributed by atoms with van der Waals surface area (Å²) in [6, 6.07) is 8.36. The Hall–Kier alpha value is -2.83. The first-order valence-corrected chi connectivity index (χ1v) is 7.93. The van der Waals surface area contributed by atoms with Gasteiger partial charge < -0.3 is 4.74 Å². The van der Waals surface area contributed by atoms with Gasteiger partial charge in [-0.2, -0.15) is 0 Å². The van der Waals surface area contributed by atoms with Crippen molar-refractivity contribution in [1.82, 2.24) is 13.9 Å². The van der Waals surface area contributed by atoms with E-state index in [2.05, 4.69) is 0 Å². The minimum atomic E-state index is -0.362. The number of carbonyl (C=O) groups excluding carboxylic acids is 1. The first-order chi connectivity index (χ1) is 11.6. The molecular formula is C17H15N3O4. The molecule has 1 unspecified atom stereocenters. The summed E-state index contributed by atoms with van der Waals surface area (Å²) in [5.74, 6) is -0.422. The third kappa shape index (κ3) is 1.45. The molecule has 1 aromatic heterocycles. The number of ether oxygens (including phenoxy) is 1. The normalized spacial score (nSPS) is 31.5. The molecule has 0 N–H and O–H groups in total. The summed E-state index contributed by atoms with van der Waals surface area (Å²) in [6.45, 7) is 0. The van der Waals surface area contributed by atoms with E-state index in [-0.39, 0.29) is 47.2 Å². The molecule has 0 radical (unpaired) electrons. The summed E-state index contributed by atoms with van der Waals surface area (Å²) >= 11 is 0. The molecule has 3 heterocycles. The van der Waals surface area contributed by atoms with Crippen LogP contribution in [0.25, 0.3) is 5.69 Å². The molecule has 2 aliphatic heterocycles. The number of hydrogen-bond acceptors (Lipinski definition) is 4. The van der Waals surface area contributed by atoms with E-state index in [9.17, 15) is 14.4 Å². The number of allylic oxidation sites excluding steroid dienone is 2. The van der Waals surface area contributed by atoms with Gasteiger partial charge in [-0.3, -0.25) is 4.79 Å². The maximum absolute atomic E-state index is 12.9. The van der Waals surface area contributed by atoms with Gasteiger partial charge in [0.2, 0.25) is 0 Å². The predicted octanol–water partition coefficient (Wildman–Crippen LogP) is 0.501. The fourth-order valence-electron chi connectivity index (χ4n) is 4.47. The van der Waals surface area contributed by atoms with Gasteiger partial charge in [0, 0.05) is 11.8 Å². The third-order valence-corrected chi connectivity index (χ3v) is 5.49. The Bertz CT molecular complexity index is 946. The van der Waals surface area contributed by atoms with Crippen LogP contribution >= 0.6 is 0 Å². The third-order valence-electron chi connectivity index (χ3n) is 5.49. The predicted molar refractivity (Wildman–Crippen MR) is 84.0 cm³/mol. The Kier molecular flexibility index (Phi) is 2.48. The summed E-state index contributed by atoms with van der Waals surface area (Å²) in [6.07, 6.45) is 3.87. The monoisotopic (exact) mass is 325 g/mol. The Morgan fingerprint density at radius 3 is 2.00 bits per heavy atom. The molecule has 0 spiro atoms. The fraction of sp³-hybridized carbons (Fsp3) is 0.353. The number of para-hydroxylation sites is 1. The molecule has 1 fully saturated rings. The quantitative estimate of drug-likeness (QED) is 0.595. The molecule has 2 aromatic rings. The second kappa shape index (κ2) is 4.37. The molecule has 5 atom stereocenters. The van der Waals surface area contributed by atoms with Crippen molar-refractivity contribution < 1.29 is 9.53 Å². The van der Waals surface area contributed by atoms with Crippen molar-refractivity contribution in [3.63, 3.8) is 0 Å². The summed E-state index contributed by atoms with van der Waals surface area (Å²) in [5, 5.41) is 0. The highest BCUT2D eigenvalue weighted by molar-refractivity contribution is 5.77. The average Bonchev–Trinajstić information content (AvgIpc) is 3.33. The highest BCUT2D eigenvalue weighted by Crippen LogP contribution is 2.63. The van der Waals surface area contributed by atoms with Gasteiger partial charge in [0.1, 0.15) is 0 Å². The van der Waals surface area contributed by atoms with Crippen LogP contribution in [0.5, 0.6) is 0 Å². The maximum Gasteiger partial charge on any atom is 0.352 e. The topological polar surface area (TPSA) is 75.2 Å². The first kappa shape index (κ1) is 13.6. The fourth-order valence-corrected chi connectivity index (χ4v) is 4.47. The van der Waals surface area contributed by atoms with E-state index in [4.69, 9.17) is 4.74 Å². The van der Waals surface area contributed by atoms with Crippen LogP contribution in [0, 0.1) is 17.8 Å². The summed E-state index contributed by atoms with van der Waals surface area (Å²) in [7, 11) is 1.37. The van der Waals surface area contributed by atoms with Crippen molar-refractivity contribution in [3.8, 4) is 5.69 Å². The molecule has 6 rings (SSSR count). The van der Waals surface area contributed by atoms with Gasteiger partial charge in [-0.15, -0.1) is 0 Å². The van der Waals surface area contributed by atoms with Gasteiger partial charge >= 0.3 is 17.3 Å². The average molecular weight is 325 g/mol. The first-order valence-electron chi connectivity index (χ1n) is 7.93. The number of benzene rings is 1. The van der Waals surface area contributed by atoms with Crippen LogP contribution in [-0.4, -0.2) is 27.0 Å². The molecule has 2 bridgehead atoms. The lowest BCUT2D eigenvalue weighted by molar-refractivity contribution is -0.142. The molecule has 1 saturated carbocycles. The SMILES string of the molecule is COC(=O)C1[C@@H]2[C@H]1[C@@H]1C=C[C@H]2n2c(=O)n(-c3ccccc3)c(=O)n21. The van der Waals surface area contributed by atoms with Crippen LogP contribution in [0.2, 0.25) is 0 Å². The van der Waals surface area contributed by atoms with Crippen molar-refractivity contribution in [1.29, 1.82) is 0 Å². The van der Waals surface area contributed by atoms with Crippen LogP contribution in [0.15, 0.2) is 52.1 Å². The second-order valence-corrected chi connectivity index (χ2v) is 6.49. The van der Waals surface area contributed by atoms with Gasteiger partial charge in [-0.05, 0) is 12.1 Å². The highest BCUT2D eigenvalue weighted by Gasteiger charge is 2.67. The second-order valence-electron chi connectivity index (χ2n) is 6.49. The largest absolute Gasteiger partial charge is 0.469 e. The number of nitrogens with zero attached hydrogens (tertiary/aromatic N) is 3. The molecule has 7 heteroatoms. The zero-order valence-corrected chi connectivity index (χ0v) is 12.9. The summed E-state index contributed by atoms with van der Waals surface area (Å²) in [4.78, 5) is 37.7. The molecule has 122 valence electrons. The van der Waals surface area contributed by atoms with E-state index in [0.717, 1.165) is 0 Å². The standard InChI is InChI=1S/C17H15N3O4/c1-24-15(21)14-12-10-7-8-11(13(12)14)20-17(23)18(16(22)19(10)20)9-5-3-2-4-6-9/h2-8,10-14H,1H3/t10-,11+,12+,13-,14?. The Morgan fingerprint density at radius 2 is 1.50 bits per heavy atom. The van der Waals surface area contributed by atoms with E-state index in [1.54, 1.807) is 24.3 Å². The zero-order chi connectivity index (χ0) is 16.6. The number of methoxy groups -OCH3 is 1. The molecular weight excluding hydrogens is 310 g/mol. The zero-order valence-electron chi connectivity index (χ0n) is 12.9. The molecule has 0 saturated heterocycles. The van der Waals surface area contributed by atoms with E-state index >= 15 is 0 Å². The molecule has 0 amide bonds. The van der Waals surface area contributed by atoms with Crippen molar-refractivity contribution in [2.45, 2.75) is 12.1 Å². The van der Waals surface area contributed by atoms with E-state index in [1.165, 1.54) is 21.0 Å². The minimum Gasteiger partial charge on any atom is -0.469 e. The van der Waals surface area contributed by atoms with Crippen LogP contribution in [0.4, 0.5) is 0 Å². The Labute approximate surface area is 136 Å². The lowest BCUT2D eigenvalue weighted by Gasteiger charge is -2.32. The van der Waals surface area contributed by atoms with Crippen molar-refractivity contribution in [3.05, 3.63) is 63.5 Å². The van der Waals surface area contributed by atoms with Crippen molar-refractivity contribution in [2.75, 3.05) is 7.11 Å². The molecule has 4 aliphatic rings. The molecule has 7 nitrogen and oxygen atoms in total. The van der Waals surface area contributed by atoms with Gasteiger partial charge in [0.05, 0.1) is 30.8 Å². The van der Waals surface area contributed by atoms with Crippen LogP contribution < -0.4 is 11.4 Å². The number of rotatable bonds is 2. The Morgan fingerprint density at radius 1 is 0.958 bits per heavy atom. The van der Waals surface area contributed by atoms with E-state index in [1.807, 2.05) is 18.2 Å². The van der Waals surface area contributed by atoms with Gasteiger partial charge in [-0.1, -0.05) is 30.4 Å². The number of carbonyl (C=O) groups is 1. The molecule has 24 heavy (non-hydrogen) atoms. The van der Waals surface area contributed by atoms with Crippen molar-refractivity contribution in [2.24, 2.45) is 17.8 Å². The van der Waals surface area contributed by atoms with Gasteiger partial charge in [-0.25, -0.2) is 23.5 Å². The van der Waals surface area contributed by atoms with Gasteiger partial charge in [0.25, 0.3) is 0 Å². The maximum atomic E-state index is 12.9. The van der Waals surface area contributed by atoms with Crippen molar-refractivity contribution >= 4 is 5.97 Å². The number of hydrogen-bond donors (Lipinski definition) is 0. The molecule has 2 aliphatic carbocycles. The van der Waals surface area contributed by atoms with Gasteiger partial charge in [0.15, 0.2) is 0 Å². The van der Waals surface area contributed by atoms with E-state index in [0.29, 0.717) is 5.69 Å². The van der Waals surface area contributed by atoms with Crippen LogP contribution in [-0.2, 0) is 9.53 Å². The number of esters is 1. The molecule has 1 aromatic carbocycles. The lowest BCUT2D eigenvalue weighted by atomic mass is 9.96. The van der Waals surface area contributed by atoms with E-state index < -0.39 is 0 Å². The summed E-state index contributed by atoms with van der Waals surface area (Å²) in [5.41, 5.74) is -0.168. The highest BCUT2D eigenvalue weighted by atomic mass is 16.5. The summed E-state index contributed by atoms with van der Waals surface area (Å²) < 4.78 is 9.08. The minimum absolute atomic E-state index is 0.0381. The van der Waals surface area contributed by atoms with Crippen LogP contribution in [0.1, 0.15) is 12.1 Å². The van der Waals surface area contributed by atoms with Crippen LogP contribution in [0.3, 0.4) is 0 Å². The smallest absolute Gasteiger partial charge is 0.352 e. The number of aromatic nitrogens is 3. The lowest BCUT2D eigenvalue weighted by Crippen LogP contribution is -2.40. The Balaban J connectivity index is 1.69.